The van der Waals surface area contributed by atoms with Crippen molar-refractivity contribution in [1.82, 2.24) is 4.90 Å². The van der Waals surface area contributed by atoms with Gasteiger partial charge in [0.2, 0.25) is 5.91 Å². The zero-order chi connectivity index (χ0) is 17.4. The number of nitrogens with zero attached hydrogens (tertiary/aromatic N) is 1. The summed E-state index contributed by atoms with van der Waals surface area (Å²) in [5.41, 5.74) is 1.16. The highest BCUT2D eigenvalue weighted by Crippen LogP contribution is 2.14. The molecule has 1 N–H and O–H groups in total. The first-order valence-corrected chi connectivity index (χ1v) is 8.35. The average Bonchev–Trinajstić information content (AvgIpc) is 2.54. The molecule has 1 fully saturated rings. The Hall–Kier alpha value is -2.08. The summed E-state index contributed by atoms with van der Waals surface area (Å²) < 4.78 is 11.0. The van der Waals surface area contributed by atoms with Crippen LogP contribution >= 0.6 is 0 Å². The Kier molecular flexibility index (Phi) is 7.06. The highest BCUT2D eigenvalue weighted by atomic mass is 16.5. The Morgan fingerprint density at radius 1 is 1.38 bits per heavy atom. The maximum Gasteiger partial charge on any atom is 0.306 e. The van der Waals surface area contributed by atoms with Crippen LogP contribution in [0.25, 0.3) is 0 Å². The number of ether oxygens (including phenoxy) is 2. The third kappa shape index (κ3) is 6.20. The van der Waals surface area contributed by atoms with E-state index in [1.165, 1.54) is 0 Å². The first-order valence-electron chi connectivity index (χ1n) is 8.35. The lowest BCUT2D eigenvalue weighted by Crippen LogP contribution is -2.46. The number of hydrogen-bond acceptors (Lipinski definition) is 4. The van der Waals surface area contributed by atoms with E-state index < -0.39 is 12.1 Å². The molecule has 0 saturated carbocycles. The Morgan fingerprint density at radius 3 is 2.96 bits per heavy atom. The Balaban J connectivity index is 1.63. The molecule has 0 radical (unpaired) electrons. The number of carbonyl (C=O) groups is 2. The summed E-state index contributed by atoms with van der Waals surface area (Å²) in [6.45, 7) is 3.91. The molecule has 1 saturated heterocycles. The lowest BCUT2D eigenvalue weighted by atomic mass is 10.1. The van der Waals surface area contributed by atoms with Crippen molar-refractivity contribution in [2.75, 3.05) is 26.3 Å². The lowest BCUT2D eigenvalue weighted by molar-refractivity contribution is -0.147. The fourth-order valence-electron chi connectivity index (χ4n) is 2.70. The standard InChI is InChI=1S/C18H25NO5/c1-14-5-4-6-15(11-14)23-9-3-2-7-17(20)19-8-10-24-16(13-19)12-18(21)22/h4-6,11,16H,2-3,7-10,12-13H2,1H3,(H,21,22). The van der Waals surface area contributed by atoms with Crippen LogP contribution in [0.1, 0.15) is 31.2 Å². The predicted octanol–water partition coefficient (Wildman–Crippen LogP) is 2.25. The molecule has 24 heavy (non-hydrogen) atoms. The molecule has 2 rings (SSSR count). The molecule has 6 heteroatoms. The van der Waals surface area contributed by atoms with Crippen molar-refractivity contribution < 1.29 is 24.2 Å². The lowest BCUT2D eigenvalue weighted by Gasteiger charge is -2.32. The van der Waals surface area contributed by atoms with Crippen LogP contribution in [0.2, 0.25) is 0 Å². The molecule has 1 heterocycles. The second kappa shape index (κ2) is 9.27. The van der Waals surface area contributed by atoms with Crippen LogP contribution in [0.15, 0.2) is 24.3 Å². The number of amides is 1. The minimum atomic E-state index is -0.900. The minimum absolute atomic E-state index is 0.0595. The Morgan fingerprint density at radius 2 is 2.21 bits per heavy atom. The van der Waals surface area contributed by atoms with E-state index in [9.17, 15) is 9.59 Å². The Bertz CT molecular complexity index is 560. The largest absolute Gasteiger partial charge is 0.494 e. The molecule has 132 valence electrons. The zero-order valence-electron chi connectivity index (χ0n) is 14.1. The van der Waals surface area contributed by atoms with Crippen LogP contribution < -0.4 is 4.74 Å². The number of aliphatic carboxylic acids is 1. The van der Waals surface area contributed by atoms with Crippen LogP contribution in [-0.4, -0.2) is 54.3 Å². The molecule has 1 unspecified atom stereocenters. The zero-order valence-corrected chi connectivity index (χ0v) is 14.1. The summed E-state index contributed by atoms with van der Waals surface area (Å²) in [5, 5.41) is 8.80. The van der Waals surface area contributed by atoms with E-state index in [0.29, 0.717) is 32.7 Å². The van der Waals surface area contributed by atoms with Gasteiger partial charge in [-0.2, -0.15) is 0 Å². The third-order valence-corrected chi connectivity index (χ3v) is 3.94. The van der Waals surface area contributed by atoms with E-state index in [4.69, 9.17) is 14.6 Å². The van der Waals surface area contributed by atoms with Crippen molar-refractivity contribution in [3.05, 3.63) is 29.8 Å². The topological polar surface area (TPSA) is 76.1 Å². The van der Waals surface area contributed by atoms with Crippen LogP contribution in [0, 0.1) is 6.92 Å². The monoisotopic (exact) mass is 335 g/mol. The third-order valence-electron chi connectivity index (χ3n) is 3.94. The Labute approximate surface area is 142 Å². The van der Waals surface area contributed by atoms with Crippen molar-refractivity contribution in [2.45, 2.75) is 38.7 Å². The molecule has 0 aliphatic carbocycles. The number of unbranched alkanes of at least 4 members (excludes halogenated alkanes) is 1. The molecular formula is C18H25NO5. The second-order valence-corrected chi connectivity index (χ2v) is 6.05. The van der Waals surface area contributed by atoms with Crippen LogP contribution in [0.5, 0.6) is 5.75 Å². The molecule has 1 aromatic carbocycles. The summed E-state index contributed by atoms with van der Waals surface area (Å²) in [5.74, 6) is 0.0119. The van der Waals surface area contributed by atoms with Gasteiger partial charge in [-0.15, -0.1) is 0 Å². The van der Waals surface area contributed by atoms with E-state index in [0.717, 1.165) is 24.2 Å². The van der Waals surface area contributed by atoms with Gasteiger partial charge in [-0.3, -0.25) is 9.59 Å². The molecule has 0 aromatic heterocycles. The average molecular weight is 335 g/mol. The fraction of sp³-hybridized carbons (Fsp3) is 0.556. The second-order valence-electron chi connectivity index (χ2n) is 6.05. The molecule has 0 spiro atoms. The molecule has 1 aromatic rings. The van der Waals surface area contributed by atoms with Gasteiger partial charge in [-0.1, -0.05) is 12.1 Å². The van der Waals surface area contributed by atoms with Crippen molar-refractivity contribution in [3.63, 3.8) is 0 Å². The van der Waals surface area contributed by atoms with Crippen LogP contribution in [0.4, 0.5) is 0 Å². The smallest absolute Gasteiger partial charge is 0.306 e. The maximum absolute atomic E-state index is 12.2. The SMILES string of the molecule is Cc1cccc(OCCCCC(=O)N2CCOC(CC(=O)O)C2)c1. The van der Waals surface area contributed by atoms with Gasteiger partial charge in [0, 0.05) is 19.5 Å². The summed E-state index contributed by atoms with van der Waals surface area (Å²) in [4.78, 5) is 24.6. The van der Waals surface area contributed by atoms with E-state index in [1.54, 1.807) is 4.90 Å². The van der Waals surface area contributed by atoms with Crippen LogP contribution in [0.3, 0.4) is 0 Å². The van der Waals surface area contributed by atoms with E-state index in [1.807, 2.05) is 31.2 Å². The van der Waals surface area contributed by atoms with E-state index in [2.05, 4.69) is 0 Å². The summed E-state index contributed by atoms with van der Waals surface area (Å²) in [6.07, 6.45) is 1.56. The van der Waals surface area contributed by atoms with Gasteiger partial charge >= 0.3 is 5.97 Å². The first kappa shape index (κ1) is 18.3. The van der Waals surface area contributed by atoms with Gasteiger partial charge in [0.05, 0.1) is 25.7 Å². The number of morpholine rings is 1. The number of carbonyl (C=O) groups excluding carboxylic acids is 1. The van der Waals surface area contributed by atoms with Crippen molar-refractivity contribution in [3.8, 4) is 5.75 Å². The minimum Gasteiger partial charge on any atom is -0.494 e. The van der Waals surface area contributed by atoms with Gasteiger partial charge in [-0.05, 0) is 37.5 Å². The molecular weight excluding hydrogens is 310 g/mol. The molecule has 0 bridgehead atoms. The molecule has 1 aliphatic rings. The normalized spacial score (nSPS) is 17.5. The summed E-state index contributed by atoms with van der Waals surface area (Å²) in [7, 11) is 0. The molecule has 1 amide bonds. The van der Waals surface area contributed by atoms with Crippen molar-refractivity contribution in [1.29, 1.82) is 0 Å². The number of carboxylic acid groups (broad SMARTS) is 1. The highest BCUT2D eigenvalue weighted by Gasteiger charge is 2.25. The van der Waals surface area contributed by atoms with E-state index in [-0.39, 0.29) is 12.3 Å². The molecule has 6 nitrogen and oxygen atoms in total. The number of rotatable bonds is 8. The van der Waals surface area contributed by atoms with Crippen LogP contribution in [-0.2, 0) is 14.3 Å². The maximum atomic E-state index is 12.2. The first-order chi connectivity index (χ1) is 11.5. The number of carboxylic acids is 1. The fourth-order valence-corrected chi connectivity index (χ4v) is 2.70. The van der Waals surface area contributed by atoms with Gasteiger partial charge in [0.25, 0.3) is 0 Å². The molecule has 1 aliphatic heterocycles. The van der Waals surface area contributed by atoms with Gasteiger partial charge in [0.1, 0.15) is 5.75 Å². The quantitative estimate of drug-likeness (QED) is 0.737. The highest BCUT2D eigenvalue weighted by molar-refractivity contribution is 5.76. The van der Waals surface area contributed by atoms with Crippen molar-refractivity contribution >= 4 is 11.9 Å². The van der Waals surface area contributed by atoms with E-state index >= 15 is 0 Å². The number of aryl methyl sites for hydroxylation is 1. The van der Waals surface area contributed by atoms with Gasteiger partial charge < -0.3 is 19.5 Å². The van der Waals surface area contributed by atoms with Gasteiger partial charge in [-0.25, -0.2) is 0 Å². The summed E-state index contributed by atoms with van der Waals surface area (Å²) >= 11 is 0. The predicted molar refractivity (Wildman–Crippen MR) is 89.1 cm³/mol. The van der Waals surface area contributed by atoms with Crippen molar-refractivity contribution in [2.24, 2.45) is 0 Å². The molecule has 1 atom stereocenters. The summed E-state index contributed by atoms with van der Waals surface area (Å²) in [6, 6.07) is 7.89. The number of hydrogen-bond donors (Lipinski definition) is 1. The number of benzene rings is 1. The van der Waals surface area contributed by atoms with Gasteiger partial charge in [0.15, 0.2) is 0 Å².